The van der Waals surface area contributed by atoms with Crippen molar-refractivity contribution in [3.8, 4) is 0 Å². The van der Waals surface area contributed by atoms with Gasteiger partial charge in [0.2, 0.25) is 5.91 Å². The second-order valence-corrected chi connectivity index (χ2v) is 6.87. The van der Waals surface area contributed by atoms with Gasteiger partial charge < -0.3 is 16.0 Å². The van der Waals surface area contributed by atoms with Crippen LogP contribution >= 0.6 is 0 Å². The molecule has 1 aromatic rings. The Labute approximate surface area is 144 Å². The van der Waals surface area contributed by atoms with Gasteiger partial charge in [0.15, 0.2) is 0 Å². The molecule has 0 radical (unpaired) electrons. The van der Waals surface area contributed by atoms with Gasteiger partial charge in [0.05, 0.1) is 0 Å². The van der Waals surface area contributed by atoms with Crippen LogP contribution in [0.5, 0.6) is 0 Å². The molecule has 24 heavy (non-hydrogen) atoms. The molecule has 1 saturated carbocycles. The van der Waals surface area contributed by atoms with E-state index in [9.17, 15) is 4.79 Å². The first-order valence-electron chi connectivity index (χ1n) is 9.14. The molecule has 2 heterocycles. The van der Waals surface area contributed by atoms with Crippen molar-refractivity contribution in [1.29, 1.82) is 0 Å². The average Bonchev–Trinajstić information content (AvgIpc) is 3.08. The van der Waals surface area contributed by atoms with E-state index in [4.69, 9.17) is 5.73 Å². The highest BCUT2D eigenvalue weighted by molar-refractivity contribution is 5.76. The highest BCUT2D eigenvalue weighted by Gasteiger charge is 2.27. The summed E-state index contributed by atoms with van der Waals surface area (Å²) in [5.74, 6) is 1.69. The van der Waals surface area contributed by atoms with Crippen molar-refractivity contribution in [3.05, 3.63) is 24.4 Å². The third-order valence-electron chi connectivity index (χ3n) is 5.31. The quantitative estimate of drug-likeness (QED) is 0.808. The Bertz CT molecular complexity index is 515. The largest absolute Gasteiger partial charge is 0.354 e. The highest BCUT2D eigenvalue weighted by Crippen LogP contribution is 2.24. The fraction of sp³-hybridized carbons (Fsp3) is 0.667. The summed E-state index contributed by atoms with van der Waals surface area (Å²) in [6.07, 6.45) is 5.83. The number of carbonyl (C=O) groups is 1. The van der Waals surface area contributed by atoms with Crippen LogP contribution in [0.3, 0.4) is 0 Å². The Morgan fingerprint density at radius 3 is 2.79 bits per heavy atom. The molecule has 3 N–H and O–H groups in total. The molecule has 2 fully saturated rings. The predicted octanol–water partition coefficient (Wildman–Crippen LogP) is 0.837. The zero-order valence-electron chi connectivity index (χ0n) is 14.4. The Hall–Kier alpha value is -1.66. The van der Waals surface area contributed by atoms with Gasteiger partial charge in [-0.15, -0.1) is 0 Å². The van der Waals surface area contributed by atoms with Gasteiger partial charge >= 0.3 is 0 Å². The van der Waals surface area contributed by atoms with Crippen LogP contribution in [0.2, 0.25) is 0 Å². The molecule has 132 valence electrons. The molecule has 1 aliphatic heterocycles. The van der Waals surface area contributed by atoms with Crippen LogP contribution in [-0.2, 0) is 4.79 Å². The molecule has 1 aliphatic carbocycles. The van der Waals surface area contributed by atoms with Gasteiger partial charge in [0.1, 0.15) is 5.82 Å². The van der Waals surface area contributed by atoms with E-state index in [1.807, 2.05) is 18.3 Å². The first-order valence-corrected chi connectivity index (χ1v) is 9.14. The molecule has 2 aliphatic rings. The van der Waals surface area contributed by atoms with Gasteiger partial charge in [-0.2, -0.15) is 0 Å². The van der Waals surface area contributed by atoms with Crippen LogP contribution in [0.1, 0.15) is 25.7 Å². The summed E-state index contributed by atoms with van der Waals surface area (Å²) in [5.41, 5.74) is 5.78. The Kier molecular flexibility index (Phi) is 6.04. The lowest BCUT2D eigenvalue weighted by molar-refractivity contribution is -0.122. The van der Waals surface area contributed by atoms with E-state index in [1.54, 1.807) is 0 Å². The van der Waals surface area contributed by atoms with E-state index in [0.29, 0.717) is 24.9 Å². The van der Waals surface area contributed by atoms with Crippen molar-refractivity contribution in [2.45, 2.75) is 31.7 Å². The zero-order valence-corrected chi connectivity index (χ0v) is 14.4. The maximum Gasteiger partial charge on any atom is 0.221 e. The molecule has 6 nitrogen and oxygen atoms in total. The number of aromatic nitrogens is 1. The summed E-state index contributed by atoms with van der Waals surface area (Å²) >= 11 is 0. The van der Waals surface area contributed by atoms with Gasteiger partial charge in [0.25, 0.3) is 0 Å². The minimum atomic E-state index is 0.174. The van der Waals surface area contributed by atoms with E-state index in [1.165, 1.54) is 6.42 Å². The summed E-state index contributed by atoms with van der Waals surface area (Å²) in [6, 6.07) is 6.32. The van der Waals surface area contributed by atoms with Gasteiger partial charge in [-0.3, -0.25) is 9.69 Å². The number of nitrogens with zero attached hydrogens (tertiary/aromatic N) is 3. The lowest BCUT2D eigenvalue weighted by Crippen LogP contribution is -2.48. The molecule has 2 unspecified atom stereocenters. The maximum absolute atomic E-state index is 12.2. The summed E-state index contributed by atoms with van der Waals surface area (Å²) < 4.78 is 0. The number of piperazine rings is 1. The molecule has 3 rings (SSSR count). The van der Waals surface area contributed by atoms with Gasteiger partial charge in [-0.05, 0) is 37.4 Å². The van der Waals surface area contributed by atoms with Crippen LogP contribution < -0.4 is 16.0 Å². The lowest BCUT2D eigenvalue weighted by Gasteiger charge is -2.35. The number of amides is 1. The number of nitrogens with two attached hydrogens (primary N) is 1. The van der Waals surface area contributed by atoms with Crippen molar-refractivity contribution >= 4 is 11.7 Å². The van der Waals surface area contributed by atoms with E-state index in [2.05, 4.69) is 26.2 Å². The Morgan fingerprint density at radius 2 is 2.08 bits per heavy atom. The molecule has 0 bridgehead atoms. The molecule has 0 aromatic carbocycles. The molecule has 1 saturated heterocycles. The standard InChI is InChI=1S/C18H29N5O/c19-14-15-4-3-5-16(15)21-18(24)7-9-22-10-12-23(13-11-22)17-6-1-2-8-20-17/h1-2,6,8,15-16H,3-5,7,9-14,19H2,(H,21,24). The van der Waals surface area contributed by atoms with Gasteiger partial charge in [-0.1, -0.05) is 12.5 Å². The minimum absolute atomic E-state index is 0.174. The third kappa shape index (κ3) is 4.45. The fourth-order valence-corrected chi connectivity index (χ4v) is 3.79. The number of carbonyl (C=O) groups excluding carboxylic acids is 1. The minimum Gasteiger partial charge on any atom is -0.354 e. The monoisotopic (exact) mass is 331 g/mol. The third-order valence-corrected chi connectivity index (χ3v) is 5.31. The van der Waals surface area contributed by atoms with Crippen molar-refractivity contribution in [1.82, 2.24) is 15.2 Å². The van der Waals surface area contributed by atoms with Crippen molar-refractivity contribution < 1.29 is 4.79 Å². The maximum atomic E-state index is 12.2. The smallest absolute Gasteiger partial charge is 0.221 e. The predicted molar refractivity (Wildman–Crippen MR) is 95.8 cm³/mol. The lowest BCUT2D eigenvalue weighted by atomic mass is 10.0. The molecule has 6 heteroatoms. The number of hydrogen-bond donors (Lipinski definition) is 2. The number of nitrogens with one attached hydrogen (secondary N) is 1. The van der Waals surface area contributed by atoms with E-state index >= 15 is 0 Å². The first-order chi connectivity index (χ1) is 11.8. The van der Waals surface area contributed by atoms with E-state index in [-0.39, 0.29) is 5.91 Å². The summed E-state index contributed by atoms with van der Waals surface area (Å²) in [6.45, 7) is 5.42. The van der Waals surface area contributed by atoms with Crippen LogP contribution in [0.15, 0.2) is 24.4 Å². The van der Waals surface area contributed by atoms with Crippen molar-refractivity contribution in [3.63, 3.8) is 0 Å². The second-order valence-electron chi connectivity index (χ2n) is 6.87. The molecular weight excluding hydrogens is 302 g/mol. The SMILES string of the molecule is NCC1CCCC1NC(=O)CCN1CCN(c2ccccn2)CC1. The number of anilines is 1. The Morgan fingerprint density at radius 1 is 1.25 bits per heavy atom. The van der Waals surface area contributed by atoms with Crippen molar-refractivity contribution in [2.75, 3.05) is 44.2 Å². The Balaban J connectivity index is 1.36. The van der Waals surface area contributed by atoms with Crippen LogP contribution in [-0.4, -0.2) is 61.1 Å². The second kappa shape index (κ2) is 8.44. The number of rotatable bonds is 6. The summed E-state index contributed by atoms with van der Waals surface area (Å²) in [5, 5.41) is 3.19. The summed E-state index contributed by atoms with van der Waals surface area (Å²) in [4.78, 5) is 21.3. The molecule has 0 spiro atoms. The topological polar surface area (TPSA) is 74.5 Å². The zero-order chi connectivity index (χ0) is 16.8. The normalized spacial score (nSPS) is 25.0. The summed E-state index contributed by atoms with van der Waals surface area (Å²) in [7, 11) is 0. The fourth-order valence-electron chi connectivity index (χ4n) is 3.79. The molecule has 1 aromatic heterocycles. The number of hydrogen-bond acceptors (Lipinski definition) is 5. The van der Waals surface area contributed by atoms with E-state index in [0.717, 1.165) is 51.4 Å². The van der Waals surface area contributed by atoms with Crippen molar-refractivity contribution in [2.24, 2.45) is 11.7 Å². The number of pyridine rings is 1. The molecule has 1 amide bonds. The van der Waals surface area contributed by atoms with E-state index < -0.39 is 0 Å². The van der Waals surface area contributed by atoms with Gasteiger partial charge in [-0.25, -0.2) is 4.98 Å². The molecular formula is C18H29N5O. The van der Waals surface area contributed by atoms with Crippen LogP contribution in [0.4, 0.5) is 5.82 Å². The van der Waals surface area contributed by atoms with Gasteiger partial charge in [0, 0.05) is 51.4 Å². The molecule has 2 atom stereocenters. The van der Waals surface area contributed by atoms with Crippen LogP contribution in [0, 0.1) is 5.92 Å². The first kappa shape index (κ1) is 17.2. The highest BCUT2D eigenvalue weighted by atomic mass is 16.1. The van der Waals surface area contributed by atoms with Crippen LogP contribution in [0.25, 0.3) is 0 Å². The average molecular weight is 331 g/mol.